The number of esters is 1. The second kappa shape index (κ2) is 12.8. The third-order valence-corrected chi connectivity index (χ3v) is 8.38. The summed E-state index contributed by atoms with van der Waals surface area (Å²) in [7, 11) is -4.76. The van der Waals surface area contributed by atoms with Crippen molar-refractivity contribution < 1.29 is 46.9 Å². The number of benzene rings is 2. The smallest absolute Gasteiger partial charge is 0.459 e. The van der Waals surface area contributed by atoms with Gasteiger partial charge in [-0.25, -0.2) is 18.1 Å². The zero-order valence-corrected chi connectivity index (χ0v) is 24.6. The molecule has 1 aliphatic rings. The molecule has 2 heterocycles. The minimum atomic E-state index is -4.76. The van der Waals surface area contributed by atoms with Crippen LogP contribution in [0.4, 0.5) is 8.78 Å². The summed E-state index contributed by atoms with van der Waals surface area (Å²) >= 11 is 5.75. The molecule has 6 atom stereocenters. The molecule has 43 heavy (non-hydrogen) atoms. The van der Waals surface area contributed by atoms with E-state index in [9.17, 15) is 37.9 Å². The minimum Gasteiger partial charge on any atom is -0.462 e. The van der Waals surface area contributed by atoms with Crippen molar-refractivity contribution >= 4 is 36.1 Å². The van der Waals surface area contributed by atoms with Crippen LogP contribution >= 0.6 is 19.3 Å². The van der Waals surface area contributed by atoms with Gasteiger partial charge in [0, 0.05) is 6.20 Å². The van der Waals surface area contributed by atoms with Crippen LogP contribution in [-0.4, -0.2) is 68.7 Å². The molecule has 4 N–H and O–H groups in total. The van der Waals surface area contributed by atoms with Crippen LogP contribution in [0.1, 0.15) is 27.0 Å². The molecule has 1 fully saturated rings. The average Bonchev–Trinajstić information content (AvgIpc) is 3.19. The summed E-state index contributed by atoms with van der Waals surface area (Å²) in [6, 6.07) is 10.4. The van der Waals surface area contributed by atoms with Crippen molar-refractivity contribution in [3.8, 4) is 5.75 Å². The normalized spacial score (nSPS) is 24.3. The predicted molar refractivity (Wildman–Crippen MR) is 149 cm³/mol. The van der Waals surface area contributed by atoms with E-state index < -0.39 is 79.2 Å². The molecule has 4 rings (SSSR count). The van der Waals surface area contributed by atoms with Gasteiger partial charge >= 0.3 is 19.4 Å². The number of aliphatic hydroxyl groups is 2. The Morgan fingerprint density at radius 2 is 1.86 bits per heavy atom. The lowest BCUT2D eigenvalue weighted by Gasteiger charge is -2.32. The molecule has 1 aromatic heterocycles. The quantitative estimate of drug-likeness (QED) is 0.178. The van der Waals surface area contributed by atoms with Crippen LogP contribution in [0.5, 0.6) is 5.75 Å². The van der Waals surface area contributed by atoms with Crippen LogP contribution in [0, 0.1) is 0 Å². The number of rotatable bonds is 11. The fourth-order valence-electron chi connectivity index (χ4n) is 4.31. The monoisotopic (exact) mass is 647 g/mol. The van der Waals surface area contributed by atoms with E-state index in [1.165, 1.54) is 19.1 Å². The number of hydrogen-bond acceptors (Lipinski definition) is 10. The fourth-order valence-corrected chi connectivity index (χ4v) is 5.98. The Labute approximate surface area is 247 Å². The molecule has 13 nitrogen and oxygen atoms in total. The lowest BCUT2D eigenvalue weighted by Crippen LogP contribution is -2.53. The number of nitrogens with one attached hydrogen (secondary N) is 2. The van der Waals surface area contributed by atoms with Gasteiger partial charge in [-0.1, -0.05) is 41.9 Å². The second-order valence-corrected chi connectivity index (χ2v) is 12.2. The molecule has 0 bridgehead atoms. The molecule has 1 aliphatic heterocycles. The SMILES string of the molecule is CC(C)OC(=O)[C@H](C)NP(=O)(OC[C@@]1(C(F)F)O[C@@H](n2cc(Cl)c(=O)[nH]c2=O)[C@H](O)[C@@H]1O)Oc1ccc2ccccc2c1. The van der Waals surface area contributed by atoms with Gasteiger partial charge in [0.2, 0.25) is 0 Å². The molecular formula is C26H29ClF2N3O10P. The van der Waals surface area contributed by atoms with Crippen molar-refractivity contribution in [3.05, 3.63) is 74.5 Å². The summed E-state index contributed by atoms with van der Waals surface area (Å²) in [5.41, 5.74) is -5.23. The number of aromatic nitrogens is 2. The van der Waals surface area contributed by atoms with Gasteiger partial charge < -0.3 is 24.2 Å². The van der Waals surface area contributed by atoms with E-state index in [1.54, 1.807) is 38.1 Å². The standard InChI is InChI=1S/C26H29ClF2N3O10P/c1-13(2)40-23(36)14(3)31-43(38,42-17-9-8-15-6-4-5-7-16(15)10-17)39-12-26(24(28)29)20(34)19(33)22(41-26)32-11-18(27)21(35)30-25(32)37/h4-11,13-14,19-20,22,24,33-34H,12H2,1-3H3,(H,31,38)(H,30,35,37)/t14-,19+,20-,22+,26+,43?/m0/s1. The van der Waals surface area contributed by atoms with Gasteiger partial charge in [0.25, 0.3) is 12.0 Å². The molecule has 17 heteroatoms. The van der Waals surface area contributed by atoms with Crippen molar-refractivity contribution in [1.82, 2.24) is 14.6 Å². The summed E-state index contributed by atoms with van der Waals surface area (Å²) in [5, 5.41) is 24.6. The third kappa shape index (κ3) is 6.99. The van der Waals surface area contributed by atoms with Gasteiger partial charge in [-0.2, -0.15) is 5.09 Å². The zero-order valence-electron chi connectivity index (χ0n) is 23.0. The van der Waals surface area contributed by atoms with E-state index in [0.29, 0.717) is 9.95 Å². The van der Waals surface area contributed by atoms with Gasteiger partial charge in [-0.05, 0) is 43.7 Å². The average molecular weight is 648 g/mol. The lowest BCUT2D eigenvalue weighted by atomic mass is 9.96. The minimum absolute atomic E-state index is 0.0229. The molecule has 1 saturated heterocycles. The Kier molecular flexibility index (Phi) is 9.76. The number of aliphatic hydroxyl groups excluding tert-OH is 2. The first-order chi connectivity index (χ1) is 20.2. The highest BCUT2D eigenvalue weighted by Crippen LogP contribution is 2.49. The van der Waals surface area contributed by atoms with Crippen LogP contribution in [0.3, 0.4) is 0 Å². The molecular weight excluding hydrogens is 619 g/mol. The fraction of sp³-hybridized carbons (Fsp3) is 0.423. The Hall–Kier alpha value is -3.17. The summed E-state index contributed by atoms with van der Waals surface area (Å²) < 4.78 is 65.1. The van der Waals surface area contributed by atoms with Crippen molar-refractivity contribution in [1.29, 1.82) is 0 Å². The number of carbonyl (C=O) groups excluding carboxylic acids is 1. The summed E-state index contributed by atoms with van der Waals surface area (Å²) in [4.78, 5) is 38.3. The molecule has 234 valence electrons. The highest BCUT2D eigenvalue weighted by atomic mass is 35.5. The summed E-state index contributed by atoms with van der Waals surface area (Å²) in [6.45, 7) is 3.08. The van der Waals surface area contributed by atoms with E-state index in [-0.39, 0.29) is 5.75 Å². The molecule has 0 radical (unpaired) electrons. The van der Waals surface area contributed by atoms with Crippen LogP contribution in [-0.2, 0) is 23.4 Å². The Balaban J connectivity index is 1.66. The first-order valence-corrected chi connectivity index (χ1v) is 14.8. The Morgan fingerprint density at radius 1 is 1.19 bits per heavy atom. The number of ether oxygens (including phenoxy) is 2. The Morgan fingerprint density at radius 3 is 2.51 bits per heavy atom. The van der Waals surface area contributed by atoms with Gasteiger partial charge in [0.15, 0.2) is 11.8 Å². The molecule has 1 unspecified atom stereocenters. The number of hydrogen-bond donors (Lipinski definition) is 4. The number of halogens is 3. The van der Waals surface area contributed by atoms with Gasteiger partial charge in [-0.15, -0.1) is 0 Å². The zero-order chi connectivity index (χ0) is 31.7. The van der Waals surface area contributed by atoms with E-state index in [4.69, 9.17) is 30.1 Å². The largest absolute Gasteiger partial charge is 0.462 e. The second-order valence-electron chi connectivity index (χ2n) is 10.1. The Bertz CT molecular complexity index is 1650. The maximum Gasteiger partial charge on any atom is 0.459 e. The highest BCUT2D eigenvalue weighted by Gasteiger charge is 2.61. The summed E-state index contributed by atoms with van der Waals surface area (Å²) in [6.07, 6.45) is -9.93. The molecule has 0 spiro atoms. The van der Waals surface area contributed by atoms with Crippen molar-refractivity contribution in [2.75, 3.05) is 6.61 Å². The number of aromatic amines is 1. The van der Waals surface area contributed by atoms with Crippen molar-refractivity contribution in [2.24, 2.45) is 0 Å². The lowest BCUT2D eigenvalue weighted by molar-refractivity contribution is -0.192. The van der Waals surface area contributed by atoms with Gasteiger partial charge in [0.05, 0.1) is 12.7 Å². The maximum atomic E-state index is 14.6. The van der Waals surface area contributed by atoms with Crippen LogP contribution in [0.15, 0.2) is 58.3 Å². The van der Waals surface area contributed by atoms with E-state index in [1.807, 2.05) is 11.1 Å². The van der Waals surface area contributed by atoms with Crippen LogP contribution in [0.2, 0.25) is 5.02 Å². The first-order valence-electron chi connectivity index (χ1n) is 12.9. The first kappa shape index (κ1) is 32.7. The number of H-pyrrole nitrogens is 1. The topological polar surface area (TPSA) is 178 Å². The molecule has 2 aromatic carbocycles. The van der Waals surface area contributed by atoms with Gasteiger partial charge in [0.1, 0.15) is 29.0 Å². The van der Waals surface area contributed by atoms with E-state index in [0.717, 1.165) is 11.6 Å². The summed E-state index contributed by atoms with van der Waals surface area (Å²) in [5.74, 6) is -0.878. The van der Waals surface area contributed by atoms with Crippen molar-refractivity contribution in [3.63, 3.8) is 0 Å². The van der Waals surface area contributed by atoms with E-state index >= 15 is 0 Å². The van der Waals surface area contributed by atoms with Crippen LogP contribution in [0.25, 0.3) is 10.8 Å². The molecule has 0 aliphatic carbocycles. The predicted octanol–water partition coefficient (Wildman–Crippen LogP) is 2.73. The van der Waals surface area contributed by atoms with Gasteiger partial charge in [-0.3, -0.25) is 23.7 Å². The van der Waals surface area contributed by atoms with Crippen LogP contribution < -0.4 is 20.9 Å². The number of alkyl halides is 2. The van der Waals surface area contributed by atoms with E-state index in [2.05, 4.69) is 5.09 Å². The number of carbonyl (C=O) groups is 1. The number of fused-ring (bicyclic) bond motifs is 1. The molecule has 0 saturated carbocycles. The maximum absolute atomic E-state index is 14.6. The molecule has 3 aromatic rings. The third-order valence-electron chi connectivity index (χ3n) is 6.49. The number of nitrogens with zero attached hydrogens (tertiary/aromatic N) is 1. The van der Waals surface area contributed by atoms with Crippen molar-refractivity contribution in [2.45, 2.75) is 63.4 Å². The highest BCUT2D eigenvalue weighted by molar-refractivity contribution is 7.52. The molecule has 0 amide bonds.